The molecule has 4 heteroatoms. The molecule has 1 atom stereocenters. The summed E-state index contributed by atoms with van der Waals surface area (Å²) in [5.74, 6) is -1.12. The number of methoxy groups -OCH3 is 1. The molecule has 0 saturated carbocycles. The van der Waals surface area contributed by atoms with Gasteiger partial charge >= 0.3 is 5.97 Å². The number of rotatable bonds is 5. The van der Waals surface area contributed by atoms with Crippen LogP contribution in [-0.2, 0) is 4.79 Å². The molecule has 0 aliphatic rings. The van der Waals surface area contributed by atoms with Crippen LogP contribution >= 0.6 is 0 Å². The Balaban J connectivity index is 2.45. The monoisotopic (exact) mass is 272 g/mol. The zero-order chi connectivity index (χ0) is 14.7. The molecule has 104 valence electrons. The lowest BCUT2D eigenvalue weighted by Crippen LogP contribution is -2.15. The van der Waals surface area contributed by atoms with E-state index in [1.165, 1.54) is 6.92 Å². The van der Waals surface area contributed by atoms with Gasteiger partial charge in [0.1, 0.15) is 5.75 Å². The first kappa shape index (κ1) is 14.1. The van der Waals surface area contributed by atoms with Crippen molar-refractivity contribution in [2.45, 2.75) is 13.3 Å². The van der Waals surface area contributed by atoms with Gasteiger partial charge in [-0.05, 0) is 17.5 Å². The number of aliphatic carboxylic acids is 1. The molecule has 2 rings (SSSR count). The predicted molar refractivity (Wildman–Crippen MR) is 76.2 cm³/mol. The van der Waals surface area contributed by atoms with Crippen LogP contribution < -0.4 is 4.74 Å². The summed E-state index contributed by atoms with van der Waals surface area (Å²) < 4.78 is 5.28. The van der Waals surface area contributed by atoms with Crippen molar-refractivity contribution in [2.24, 2.45) is 5.92 Å². The van der Waals surface area contributed by atoms with Crippen LogP contribution in [0.5, 0.6) is 5.75 Å². The first-order valence-electron chi connectivity index (χ1n) is 6.36. The summed E-state index contributed by atoms with van der Waals surface area (Å²) in [4.78, 5) is 23.1. The fourth-order valence-corrected chi connectivity index (χ4v) is 2.17. The maximum absolute atomic E-state index is 12.3. The molecule has 0 aromatic heterocycles. The van der Waals surface area contributed by atoms with E-state index in [0.717, 1.165) is 10.8 Å². The zero-order valence-corrected chi connectivity index (χ0v) is 11.4. The summed E-state index contributed by atoms with van der Waals surface area (Å²) in [7, 11) is 1.58. The van der Waals surface area contributed by atoms with Gasteiger partial charge in [0.25, 0.3) is 0 Å². The molecule has 0 saturated heterocycles. The Morgan fingerprint density at radius 1 is 1.15 bits per heavy atom. The minimum Gasteiger partial charge on any atom is -0.496 e. The third kappa shape index (κ3) is 2.64. The van der Waals surface area contributed by atoms with Crippen LogP contribution in [0.4, 0.5) is 0 Å². The lowest BCUT2D eigenvalue weighted by atomic mass is 9.95. The van der Waals surface area contributed by atoms with E-state index < -0.39 is 11.9 Å². The number of ether oxygens (including phenoxy) is 1. The van der Waals surface area contributed by atoms with Crippen LogP contribution in [0.1, 0.15) is 23.7 Å². The van der Waals surface area contributed by atoms with Gasteiger partial charge in [0.05, 0.1) is 13.0 Å². The second kappa shape index (κ2) is 5.74. The lowest BCUT2D eigenvalue weighted by molar-refractivity contribution is -0.141. The number of benzene rings is 2. The molecule has 0 amide bonds. The van der Waals surface area contributed by atoms with Gasteiger partial charge < -0.3 is 9.84 Å². The van der Waals surface area contributed by atoms with E-state index >= 15 is 0 Å². The molecule has 0 aliphatic heterocycles. The Hall–Kier alpha value is -2.36. The highest BCUT2D eigenvalue weighted by Gasteiger charge is 2.19. The fraction of sp³-hybridized carbons (Fsp3) is 0.250. The average Bonchev–Trinajstić information content (AvgIpc) is 2.45. The van der Waals surface area contributed by atoms with Crippen LogP contribution in [-0.4, -0.2) is 24.0 Å². The van der Waals surface area contributed by atoms with E-state index in [2.05, 4.69) is 0 Å². The molecule has 0 radical (unpaired) electrons. The topological polar surface area (TPSA) is 63.6 Å². The van der Waals surface area contributed by atoms with Crippen molar-refractivity contribution in [2.75, 3.05) is 7.11 Å². The highest BCUT2D eigenvalue weighted by molar-refractivity contribution is 6.10. The highest BCUT2D eigenvalue weighted by atomic mass is 16.5. The van der Waals surface area contributed by atoms with Crippen LogP contribution in [0.2, 0.25) is 0 Å². The van der Waals surface area contributed by atoms with Gasteiger partial charge in [-0.15, -0.1) is 0 Å². The quantitative estimate of drug-likeness (QED) is 0.849. The number of carboxylic acid groups (broad SMARTS) is 1. The van der Waals surface area contributed by atoms with Crippen LogP contribution in [0.3, 0.4) is 0 Å². The summed E-state index contributed by atoms with van der Waals surface area (Å²) >= 11 is 0. The van der Waals surface area contributed by atoms with Gasteiger partial charge in [-0.3, -0.25) is 9.59 Å². The van der Waals surface area contributed by atoms with Gasteiger partial charge in [0, 0.05) is 17.4 Å². The Labute approximate surface area is 117 Å². The smallest absolute Gasteiger partial charge is 0.306 e. The maximum atomic E-state index is 12.3. The van der Waals surface area contributed by atoms with Crippen molar-refractivity contribution in [3.63, 3.8) is 0 Å². The largest absolute Gasteiger partial charge is 0.496 e. The second-order valence-corrected chi connectivity index (χ2v) is 4.73. The van der Waals surface area contributed by atoms with E-state index in [9.17, 15) is 9.59 Å². The van der Waals surface area contributed by atoms with Crippen molar-refractivity contribution in [3.05, 3.63) is 42.0 Å². The molecule has 0 spiro atoms. The Bertz CT molecular complexity index is 661. The van der Waals surface area contributed by atoms with E-state index in [1.54, 1.807) is 19.2 Å². The Morgan fingerprint density at radius 2 is 1.80 bits per heavy atom. The van der Waals surface area contributed by atoms with Gasteiger partial charge in [-0.2, -0.15) is 0 Å². The summed E-state index contributed by atoms with van der Waals surface area (Å²) in [6.07, 6.45) is -0.00828. The van der Waals surface area contributed by atoms with E-state index in [-0.39, 0.29) is 12.2 Å². The van der Waals surface area contributed by atoms with Gasteiger partial charge in [0.2, 0.25) is 0 Å². The SMILES string of the molecule is COc1ccc(C(=O)CC(C)C(=O)O)c2ccccc12. The fourth-order valence-electron chi connectivity index (χ4n) is 2.17. The molecular formula is C16H16O4. The number of hydrogen-bond donors (Lipinski definition) is 1. The van der Waals surface area contributed by atoms with Crippen molar-refractivity contribution >= 4 is 22.5 Å². The molecule has 0 bridgehead atoms. The third-order valence-electron chi connectivity index (χ3n) is 3.32. The Morgan fingerprint density at radius 3 is 2.40 bits per heavy atom. The lowest BCUT2D eigenvalue weighted by Gasteiger charge is -2.11. The van der Waals surface area contributed by atoms with Crippen LogP contribution in [0, 0.1) is 5.92 Å². The van der Waals surface area contributed by atoms with Crippen LogP contribution in [0.15, 0.2) is 36.4 Å². The molecular weight excluding hydrogens is 256 g/mol. The third-order valence-corrected chi connectivity index (χ3v) is 3.32. The average molecular weight is 272 g/mol. The van der Waals surface area contributed by atoms with E-state index in [1.807, 2.05) is 24.3 Å². The summed E-state index contributed by atoms with van der Waals surface area (Å²) in [5.41, 5.74) is 0.537. The van der Waals surface area contributed by atoms with Crippen molar-refractivity contribution < 1.29 is 19.4 Å². The number of fused-ring (bicyclic) bond motifs is 1. The number of carboxylic acids is 1. The van der Waals surface area contributed by atoms with Crippen molar-refractivity contribution in [3.8, 4) is 5.75 Å². The first-order valence-corrected chi connectivity index (χ1v) is 6.36. The minimum absolute atomic E-state index is 0.00828. The molecule has 0 fully saturated rings. The first-order chi connectivity index (χ1) is 9.54. The second-order valence-electron chi connectivity index (χ2n) is 4.73. The Kier molecular flexibility index (Phi) is 4.03. The van der Waals surface area contributed by atoms with Gasteiger partial charge in [0.15, 0.2) is 5.78 Å². The molecule has 4 nitrogen and oxygen atoms in total. The molecule has 1 N–H and O–H groups in total. The van der Waals surface area contributed by atoms with E-state index in [0.29, 0.717) is 11.3 Å². The summed E-state index contributed by atoms with van der Waals surface area (Å²) in [5, 5.41) is 10.5. The molecule has 0 aliphatic carbocycles. The van der Waals surface area contributed by atoms with Gasteiger partial charge in [-0.25, -0.2) is 0 Å². The number of carbonyl (C=O) groups is 2. The standard InChI is InChI=1S/C16H16O4/c1-10(16(18)19)9-14(17)12-7-8-15(20-2)13-6-4-3-5-11(12)13/h3-8,10H,9H2,1-2H3,(H,18,19). The van der Waals surface area contributed by atoms with Crippen LogP contribution in [0.25, 0.3) is 10.8 Å². The molecule has 2 aromatic rings. The van der Waals surface area contributed by atoms with Crippen molar-refractivity contribution in [1.82, 2.24) is 0 Å². The number of hydrogen-bond acceptors (Lipinski definition) is 3. The summed E-state index contributed by atoms with van der Waals surface area (Å²) in [6, 6.07) is 10.9. The maximum Gasteiger partial charge on any atom is 0.306 e. The highest BCUT2D eigenvalue weighted by Crippen LogP contribution is 2.29. The summed E-state index contributed by atoms with van der Waals surface area (Å²) in [6.45, 7) is 1.53. The van der Waals surface area contributed by atoms with E-state index in [4.69, 9.17) is 9.84 Å². The predicted octanol–water partition coefficient (Wildman–Crippen LogP) is 3.14. The van der Waals surface area contributed by atoms with Gasteiger partial charge in [-0.1, -0.05) is 31.2 Å². The minimum atomic E-state index is -0.962. The molecule has 2 aromatic carbocycles. The molecule has 1 unspecified atom stereocenters. The molecule has 20 heavy (non-hydrogen) atoms. The number of carbonyl (C=O) groups excluding carboxylic acids is 1. The van der Waals surface area contributed by atoms with Crippen molar-refractivity contribution in [1.29, 1.82) is 0 Å². The zero-order valence-electron chi connectivity index (χ0n) is 11.4. The molecule has 0 heterocycles. The number of ketones is 1. The number of Topliss-reactive ketones (excluding diaryl/α,β-unsaturated/α-hetero) is 1. The normalized spacial score (nSPS) is 12.1.